The molecule has 13 heteroatoms. The number of hydrogen-bond acceptors (Lipinski definition) is 5. The quantitative estimate of drug-likeness (QED) is 0.465. The molecule has 2 N–H and O–H groups in total. The van der Waals surface area contributed by atoms with Gasteiger partial charge in [0, 0.05) is 17.7 Å². The van der Waals surface area contributed by atoms with E-state index in [1.54, 1.807) is 19.1 Å². The fourth-order valence-electron chi connectivity index (χ4n) is 5.08. The Morgan fingerprint density at radius 3 is 2.38 bits per heavy atom. The number of nitrogens with zero attached hydrogens (tertiary/aromatic N) is 3. The molecule has 2 fully saturated rings. The van der Waals surface area contributed by atoms with Crippen LogP contribution in [0.1, 0.15) is 43.0 Å². The largest absolute Gasteiger partial charge is 0.492 e. The van der Waals surface area contributed by atoms with E-state index in [1.807, 2.05) is 0 Å². The summed E-state index contributed by atoms with van der Waals surface area (Å²) in [4.78, 5) is 31.6. The van der Waals surface area contributed by atoms with E-state index in [1.165, 1.54) is 23.2 Å². The van der Waals surface area contributed by atoms with Crippen molar-refractivity contribution >= 4 is 11.8 Å². The van der Waals surface area contributed by atoms with Crippen molar-refractivity contribution in [3.05, 3.63) is 47.9 Å². The second-order valence-electron chi connectivity index (χ2n) is 10.5. The van der Waals surface area contributed by atoms with Gasteiger partial charge in [-0.1, -0.05) is 0 Å². The molecule has 2 aliphatic heterocycles. The molecule has 40 heavy (non-hydrogen) atoms. The first-order valence-corrected chi connectivity index (χ1v) is 12.9. The number of nitrogens with two attached hydrogens (primary N) is 1. The van der Waals surface area contributed by atoms with Gasteiger partial charge in [-0.25, -0.2) is 4.39 Å². The average Bonchev–Trinajstić information content (AvgIpc) is 3.30. The smallest absolute Gasteiger partial charge is 0.454 e. The van der Waals surface area contributed by atoms with Crippen LogP contribution in [0.4, 0.5) is 26.3 Å². The van der Waals surface area contributed by atoms with E-state index in [0.717, 1.165) is 11.0 Å². The predicted octanol–water partition coefficient (Wildman–Crippen LogP) is 4.66. The second kappa shape index (κ2) is 11.3. The molecule has 1 aromatic heterocycles. The molecule has 0 spiro atoms. The highest BCUT2D eigenvalue weighted by Crippen LogP contribution is 2.37. The van der Waals surface area contributed by atoms with Crippen molar-refractivity contribution in [2.75, 3.05) is 32.8 Å². The number of rotatable bonds is 8. The molecule has 0 bridgehead atoms. The lowest BCUT2D eigenvalue weighted by Gasteiger charge is -2.34. The number of alkyl halides is 5. The Bertz CT molecular complexity index is 1230. The van der Waals surface area contributed by atoms with Crippen molar-refractivity contribution in [3.63, 3.8) is 0 Å². The number of halogens is 6. The predicted molar refractivity (Wildman–Crippen MR) is 133 cm³/mol. The summed E-state index contributed by atoms with van der Waals surface area (Å²) in [5.74, 6) is -6.15. The van der Waals surface area contributed by atoms with E-state index in [0.29, 0.717) is 43.7 Å². The monoisotopic (exact) mass is 572 g/mol. The normalized spacial score (nSPS) is 21.0. The molecule has 1 aromatic carbocycles. The summed E-state index contributed by atoms with van der Waals surface area (Å²) in [7, 11) is 0. The van der Waals surface area contributed by atoms with Crippen molar-refractivity contribution < 1.29 is 40.7 Å². The van der Waals surface area contributed by atoms with Gasteiger partial charge in [0.05, 0.1) is 25.0 Å². The van der Waals surface area contributed by atoms with Gasteiger partial charge < -0.3 is 15.4 Å². The molecule has 2 saturated heterocycles. The van der Waals surface area contributed by atoms with Gasteiger partial charge in [-0.2, -0.15) is 22.0 Å². The van der Waals surface area contributed by atoms with Gasteiger partial charge >= 0.3 is 12.1 Å². The maximum absolute atomic E-state index is 15.0. The minimum Gasteiger partial charge on any atom is -0.492 e. The van der Waals surface area contributed by atoms with E-state index >= 15 is 0 Å². The van der Waals surface area contributed by atoms with Crippen LogP contribution in [0.25, 0.3) is 11.3 Å². The van der Waals surface area contributed by atoms with Crippen molar-refractivity contribution in [2.24, 2.45) is 11.7 Å². The number of ether oxygens (including phenoxy) is 1. The van der Waals surface area contributed by atoms with Gasteiger partial charge in [0.1, 0.15) is 17.1 Å². The molecule has 0 aliphatic carbocycles. The van der Waals surface area contributed by atoms with Crippen LogP contribution in [0.5, 0.6) is 5.75 Å². The number of aromatic nitrogens is 1. The van der Waals surface area contributed by atoms with Crippen LogP contribution < -0.4 is 10.5 Å². The number of carbonyl (C=O) groups is 2. The summed E-state index contributed by atoms with van der Waals surface area (Å²) < 4.78 is 84.6. The molecule has 1 atom stereocenters. The highest BCUT2D eigenvalue weighted by molar-refractivity contribution is 5.99. The minimum absolute atomic E-state index is 0.0232. The SMILES string of the molecule is C[C@@]1(C(N)=O)CCCN1C(=O)c1ccc(-c2ccc(OCC3CCN(CC(F)(F)C(F)(F)F)CC3)cn2)c(F)c1. The molecular formula is C27H30F6N4O3. The molecule has 2 aromatic rings. The molecule has 0 radical (unpaired) electrons. The Balaban J connectivity index is 1.31. The molecule has 2 amide bonds. The van der Waals surface area contributed by atoms with Crippen molar-refractivity contribution in [1.29, 1.82) is 0 Å². The minimum atomic E-state index is -5.57. The Kier molecular flexibility index (Phi) is 8.34. The fourth-order valence-corrected chi connectivity index (χ4v) is 5.08. The van der Waals surface area contributed by atoms with E-state index in [4.69, 9.17) is 10.5 Å². The van der Waals surface area contributed by atoms with E-state index in [9.17, 15) is 35.9 Å². The lowest BCUT2D eigenvalue weighted by Crippen LogP contribution is -2.53. The van der Waals surface area contributed by atoms with Gasteiger partial charge in [-0.15, -0.1) is 0 Å². The number of benzene rings is 1. The first-order chi connectivity index (χ1) is 18.7. The summed E-state index contributed by atoms with van der Waals surface area (Å²) in [6, 6.07) is 7.12. The van der Waals surface area contributed by atoms with Crippen LogP contribution in [0.2, 0.25) is 0 Å². The topological polar surface area (TPSA) is 88.8 Å². The second-order valence-corrected chi connectivity index (χ2v) is 10.5. The number of primary amides is 1. The molecule has 218 valence electrons. The van der Waals surface area contributed by atoms with Crippen LogP contribution in [-0.2, 0) is 4.79 Å². The Hall–Kier alpha value is -3.35. The van der Waals surface area contributed by atoms with E-state index in [-0.39, 0.29) is 36.7 Å². The van der Waals surface area contributed by atoms with Gasteiger partial charge in [0.15, 0.2) is 0 Å². The van der Waals surface area contributed by atoms with Crippen LogP contribution >= 0.6 is 0 Å². The van der Waals surface area contributed by atoms with Crippen molar-refractivity contribution in [1.82, 2.24) is 14.8 Å². The fraction of sp³-hybridized carbons (Fsp3) is 0.519. The van der Waals surface area contributed by atoms with Gasteiger partial charge in [-0.3, -0.25) is 19.5 Å². The number of piperidine rings is 1. The first-order valence-electron chi connectivity index (χ1n) is 12.9. The molecule has 3 heterocycles. The zero-order valence-electron chi connectivity index (χ0n) is 21.8. The zero-order valence-corrected chi connectivity index (χ0v) is 21.8. The summed E-state index contributed by atoms with van der Waals surface area (Å²) in [5.41, 5.74) is 4.92. The Labute approximate surface area is 227 Å². The van der Waals surface area contributed by atoms with Crippen molar-refractivity contribution in [2.45, 2.75) is 50.2 Å². The van der Waals surface area contributed by atoms with Crippen LogP contribution in [0.3, 0.4) is 0 Å². The van der Waals surface area contributed by atoms with Gasteiger partial charge in [0.25, 0.3) is 5.91 Å². The highest BCUT2D eigenvalue weighted by atomic mass is 19.4. The van der Waals surface area contributed by atoms with Crippen LogP contribution in [-0.4, -0.2) is 77.0 Å². The number of pyridine rings is 1. The maximum atomic E-state index is 15.0. The third-order valence-electron chi connectivity index (χ3n) is 7.68. The zero-order chi connectivity index (χ0) is 29.3. The Morgan fingerprint density at radius 2 is 1.80 bits per heavy atom. The third-order valence-corrected chi connectivity index (χ3v) is 7.68. The van der Waals surface area contributed by atoms with Crippen LogP contribution in [0.15, 0.2) is 36.5 Å². The molecular weight excluding hydrogens is 542 g/mol. The summed E-state index contributed by atoms with van der Waals surface area (Å²) >= 11 is 0. The average molecular weight is 573 g/mol. The van der Waals surface area contributed by atoms with Gasteiger partial charge in [-0.05, 0) is 81.9 Å². The number of likely N-dealkylation sites (tertiary alicyclic amines) is 2. The molecule has 4 rings (SSSR count). The molecule has 0 saturated carbocycles. The van der Waals surface area contributed by atoms with E-state index < -0.39 is 41.8 Å². The molecule has 0 unspecified atom stereocenters. The third kappa shape index (κ3) is 6.18. The standard InChI is InChI=1S/C27H30F6N4O3/c1-25(24(34)39)9-2-10-37(25)23(38)18-3-5-20(21(28)13-18)22-6-4-19(14-35-22)40-15-17-7-11-36(12-8-17)16-26(29,30)27(31,32)33/h3-6,13-14,17H,2,7-12,15-16H2,1H3,(H2,34,39)/t25-/m0/s1. The first kappa shape index (κ1) is 29.6. The lowest BCUT2D eigenvalue weighted by molar-refractivity contribution is -0.287. The molecule has 2 aliphatic rings. The summed E-state index contributed by atoms with van der Waals surface area (Å²) in [6.45, 7) is 1.03. The summed E-state index contributed by atoms with van der Waals surface area (Å²) in [6.07, 6.45) is -2.31. The number of carbonyl (C=O) groups excluding carboxylic acids is 2. The number of amides is 2. The maximum Gasteiger partial charge on any atom is 0.454 e. The summed E-state index contributed by atoms with van der Waals surface area (Å²) in [5, 5.41) is 0. The van der Waals surface area contributed by atoms with Crippen LogP contribution in [0, 0.1) is 11.7 Å². The van der Waals surface area contributed by atoms with Gasteiger partial charge in [0.2, 0.25) is 5.91 Å². The van der Waals surface area contributed by atoms with Crippen molar-refractivity contribution in [3.8, 4) is 17.0 Å². The lowest BCUT2D eigenvalue weighted by atomic mass is 9.97. The Morgan fingerprint density at radius 1 is 1.10 bits per heavy atom. The van der Waals surface area contributed by atoms with E-state index in [2.05, 4.69) is 4.98 Å². The highest BCUT2D eigenvalue weighted by Gasteiger charge is 2.58. The molecule has 7 nitrogen and oxygen atoms in total. The number of hydrogen-bond donors (Lipinski definition) is 1.